The Morgan fingerprint density at radius 3 is 2.35 bits per heavy atom. The van der Waals surface area contributed by atoms with Gasteiger partial charge < -0.3 is 30.5 Å². The van der Waals surface area contributed by atoms with Crippen molar-refractivity contribution in [3.8, 4) is 0 Å². The van der Waals surface area contributed by atoms with Crippen molar-refractivity contribution < 1.29 is 34.1 Å². The second-order valence-electron chi connectivity index (χ2n) is 8.58. The molecular formula is C24H35N3O7. The van der Waals surface area contributed by atoms with Crippen molar-refractivity contribution in [3.63, 3.8) is 0 Å². The zero-order valence-electron chi connectivity index (χ0n) is 19.7. The SMILES string of the molecule is CC[C@H](C)[C@H](NC(=O)OCc1ccccc1)C(=O)N1CCC[C@H]1C(=O)O.O=C(O)[C@@H]1CCCN1. The van der Waals surface area contributed by atoms with Crippen molar-refractivity contribution in [1.29, 1.82) is 0 Å². The molecule has 2 aliphatic heterocycles. The molecule has 0 saturated carbocycles. The van der Waals surface area contributed by atoms with Crippen LogP contribution in [0.5, 0.6) is 0 Å². The van der Waals surface area contributed by atoms with Crippen LogP contribution in [-0.4, -0.2) is 70.3 Å². The third-order valence-corrected chi connectivity index (χ3v) is 6.14. The van der Waals surface area contributed by atoms with Gasteiger partial charge in [-0.25, -0.2) is 9.59 Å². The smallest absolute Gasteiger partial charge is 0.408 e. The summed E-state index contributed by atoms with van der Waals surface area (Å²) in [7, 11) is 0. The Bertz CT molecular complexity index is 827. The van der Waals surface area contributed by atoms with Crippen molar-refractivity contribution in [1.82, 2.24) is 15.5 Å². The predicted molar refractivity (Wildman–Crippen MR) is 124 cm³/mol. The van der Waals surface area contributed by atoms with Gasteiger partial charge in [-0.3, -0.25) is 9.59 Å². The number of hydrogen-bond acceptors (Lipinski definition) is 6. The Kier molecular flexibility index (Phi) is 10.8. The lowest BCUT2D eigenvalue weighted by Gasteiger charge is -2.30. The molecule has 10 nitrogen and oxygen atoms in total. The van der Waals surface area contributed by atoms with E-state index < -0.39 is 30.1 Å². The topological polar surface area (TPSA) is 145 Å². The molecule has 2 fully saturated rings. The number of benzene rings is 1. The molecule has 34 heavy (non-hydrogen) atoms. The minimum Gasteiger partial charge on any atom is -0.480 e. The van der Waals surface area contributed by atoms with E-state index in [1.54, 1.807) is 0 Å². The van der Waals surface area contributed by atoms with Gasteiger partial charge in [0.05, 0.1) is 0 Å². The standard InChI is InChI=1S/C19H26N2O5.C5H9NO2/c1-3-13(2)16(17(22)21-11-7-10-15(21)18(23)24)20-19(25)26-12-14-8-5-4-6-9-14;7-5(8)4-2-1-3-6-4/h4-6,8-9,13,15-16H,3,7,10-12H2,1-2H3,(H,20,25)(H,23,24);4,6H,1-3H2,(H,7,8)/t13-,15-,16-;4-/m00/s1. The summed E-state index contributed by atoms with van der Waals surface area (Å²) in [5.41, 5.74) is 0.847. The normalized spacial score (nSPS) is 21.1. The Balaban J connectivity index is 0.000000430. The quantitative estimate of drug-likeness (QED) is 0.446. The van der Waals surface area contributed by atoms with Crippen LogP contribution >= 0.6 is 0 Å². The van der Waals surface area contributed by atoms with Crippen molar-refractivity contribution in [3.05, 3.63) is 35.9 Å². The van der Waals surface area contributed by atoms with Gasteiger partial charge in [0.1, 0.15) is 24.7 Å². The molecule has 1 aromatic rings. The summed E-state index contributed by atoms with van der Waals surface area (Å²) >= 11 is 0. The van der Waals surface area contributed by atoms with Gasteiger partial charge in [-0.2, -0.15) is 0 Å². The van der Waals surface area contributed by atoms with E-state index in [9.17, 15) is 24.3 Å². The largest absolute Gasteiger partial charge is 0.480 e. The molecule has 3 rings (SSSR count). The number of rotatable bonds is 8. The molecule has 1 aromatic carbocycles. The molecule has 0 spiro atoms. The van der Waals surface area contributed by atoms with Crippen molar-refractivity contribution in [2.75, 3.05) is 13.1 Å². The number of ether oxygens (including phenoxy) is 1. The highest BCUT2D eigenvalue weighted by Gasteiger charge is 2.39. The van der Waals surface area contributed by atoms with Gasteiger partial charge in [-0.05, 0) is 43.7 Å². The van der Waals surface area contributed by atoms with Gasteiger partial charge in [0.25, 0.3) is 0 Å². The van der Waals surface area contributed by atoms with Crippen LogP contribution in [0.25, 0.3) is 0 Å². The van der Waals surface area contributed by atoms with Gasteiger partial charge in [-0.1, -0.05) is 50.6 Å². The van der Waals surface area contributed by atoms with Crippen LogP contribution in [0.3, 0.4) is 0 Å². The number of carbonyl (C=O) groups excluding carboxylic acids is 2. The zero-order chi connectivity index (χ0) is 25.1. The van der Waals surface area contributed by atoms with E-state index in [1.165, 1.54) is 4.90 Å². The molecule has 2 heterocycles. The van der Waals surface area contributed by atoms with Gasteiger partial charge in [0.2, 0.25) is 5.91 Å². The maximum absolute atomic E-state index is 12.9. The fraction of sp³-hybridized carbons (Fsp3) is 0.583. The summed E-state index contributed by atoms with van der Waals surface area (Å²) in [5.74, 6) is -2.23. The molecule has 2 amide bonds. The van der Waals surface area contributed by atoms with Gasteiger partial charge in [0, 0.05) is 6.54 Å². The van der Waals surface area contributed by atoms with E-state index in [2.05, 4.69) is 10.6 Å². The number of hydrogen-bond donors (Lipinski definition) is 4. The third kappa shape index (κ3) is 8.02. The van der Waals surface area contributed by atoms with Gasteiger partial charge >= 0.3 is 18.0 Å². The summed E-state index contributed by atoms with van der Waals surface area (Å²) in [6.45, 7) is 5.13. The molecule has 2 aliphatic rings. The number of carbonyl (C=O) groups is 4. The first-order valence-corrected chi connectivity index (χ1v) is 11.7. The maximum Gasteiger partial charge on any atom is 0.408 e. The average Bonchev–Trinajstić information content (AvgIpc) is 3.54. The van der Waals surface area contributed by atoms with Crippen LogP contribution in [0.1, 0.15) is 51.5 Å². The van der Waals surface area contributed by atoms with Gasteiger partial charge in [0.15, 0.2) is 0 Å². The average molecular weight is 478 g/mol. The van der Waals surface area contributed by atoms with E-state index in [4.69, 9.17) is 9.84 Å². The third-order valence-electron chi connectivity index (χ3n) is 6.14. The highest BCUT2D eigenvalue weighted by Crippen LogP contribution is 2.21. The lowest BCUT2D eigenvalue weighted by atomic mass is 9.97. The maximum atomic E-state index is 12.9. The lowest BCUT2D eigenvalue weighted by Crippen LogP contribution is -2.54. The summed E-state index contributed by atoms with van der Waals surface area (Å²) < 4.78 is 5.20. The molecule has 0 bridgehead atoms. The van der Waals surface area contributed by atoms with E-state index >= 15 is 0 Å². The molecule has 0 radical (unpaired) electrons. The van der Waals surface area contributed by atoms with Crippen LogP contribution in [0.15, 0.2) is 30.3 Å². The second-order valence-corrected chi connectivity index (χ2v) is 8.58. The van der Waals surface area contributed by atoms with Crippen LogP contribution in [-0.2, 0) is 25.7 Å². The number of carboxylic acid groups (broad SMARTS) is 2. The Hall–Kier alpha value is -3.14. The van der Waals surface area contributed by atoms with Crippen LogP contribution in [0.4, 0.5) is 4.79 Å². The monoisotopic (exact) mass is 477 g/mol. The summed E-state index contributed by atoms with van der Waals surface area (Å²) in [4.78, 5) is 47.9. The Morgan fingerprint density at radius 1 is 1.12 bits per heavy atom. The van der Waals surface area contributed by atoms with Crippen molar-refractivity contribution >= 4 is 23.9 Å². The van der Waals surface area contributed by atoms with Crippen LogP contribution in [0.2, 0.25) is 0 Å². The number of amides is 2. The fourth-order valence-corrected chi connectivity index (χ4v) is 3.94. The zero-order valence-corrected chi connectivity index (χ0v) is 19.7. The first-order chi connectivity index (χ1) is 16.2. The highest BCUT2D eigenvalue weighted by atomic mass is 16.5. The first-order valence-electron chi connectivity index (χ1n) is 11.7. The molecule has 0 aromatic heterocycles. The highest BCUT2D eigenvalue weighted by molar-refractivity contribution is 5.90. The van der Waals surface area contributed by atoms with E-state index in [0.29, 0.717) is 25.8 Å². The molecule has 0 unspecified atom stereocenters. The molecular weight excluding hydrogens is 442 g/mol. The Labute approximate surface area is 199 Å². The number of aliphatic carboxylic acids is 2. The molecule has 188 valence electrons. The van der Waals surface area contributed by atoms with Crippen molar-refractivity contribution in [2.45, 2.75) is 70.7 Å². The summed E-state index contributed by atoms with van der Waals surface area (Å²) in [6.07, 6.45) is 2.85. The minimum absolute atomic E-state index is 0.107. The number of carboxylic acids is 2. The summed E-state index contributed by atoms with van der Waals surface area (Å²) in [6, 6.07) is 7.35. The van der Waals surface area contributed by atoms with E-state index in [1.807, 2.05) is 44.2 Å². The minimum atomic E-state index is -1.01. The predicted octanol–water partition coefficient (Wildman–Crippen LogP) is 2.23. The van der Waals surface area contributed by atoms with Crippen LogP contribution < -0.4 is 10.6 Å². The lowest BCUT2D eigenvalue weighted by molar-refractivity contribution is -0.149. The summed E-state index contributed by atoms with van der Waals surface area (Å²) in [5, 5.41) is 23.1. The molecule has 2 saturated heterocycles. The van der Waals surface area contributed by atoms with E-state index in [0.717, 1.165) is 24.9 Å². The number of likely N-dealkylation sites (tertiary alicyclic amines) is 1. The number of nitrogens with one attached hydrogen (secondary N) is 2. The molecule has 4 atom stereocenters. The number of alkyl carbamates (subject to hydrolysis) is 1. The number of nitrogens with zero attached hydrogens (tertiary/aromatic N) is 1. The molecule has 0 aliphatic carbocycles. The van der Waals surface area contributed by atoms with Gasteiger partial charge in [-0.15, -0.1) is 0 Å². The van der Waals surface area contributed by atoms with Crippen molar-refractivity contribution in [2.24, 2.45) is 5.92 Å². The molecule has 10 heteroatoms. The first kappa shape index (κ1) is 27.1. The second kappa shape index (κ2) is 13.5. The molecule has 4 N–H and O–H groups in total. The van der Waals surface area contributed by atoms with E-state index in [-0.39, 0.29) is 24.5 Å². The van der Waals surface area contributed by atoms with Crippen LogP contribution in [0, 0.1) is 5.92 Å². The Morgan fingerprint density at radius 2 is 1.82 bits per heavy atom. The fourth-order valence-electron chi connectivity index (χ4n) is 3.94.